The van der Waals surface area contributed by atoms with Crippen molar-refractivity contribution in [1.82, 2.24) is 14.5 Å². The molecule has 0 bridgehead atoms. The molecule has 1 aromatic rings. The van der Waals surface area contributed by atoms with E-state index in [-0.39, 0.29) is 6.04 Å². The molecule has 0 saturated carbocycles. The minimum Gasteiger partial charge on any atom is -0.497 e. The van der Waals surface area contributed by atoms with E-state index in [1.165, 1.54) is 0 Å². The highest BCUT2D eigenvalue weighted by Crippen LogP contribution is 2.21. The van der Waals surface area contributed by atoms with Crippen LogP contribution in [0.25, 0.3) is 0 Å². The number of nitrogens with zero attached hydrogens (tertiary/aromatic N) is 2. The first-order valence-electron chi connectivity index (χ1n) is 9.30. The van der Waals surface area contributed by atoms with Crippen molar-refractivity contribution in [2.24, 2.45) is 5.92 Å². The summed E-state index contributed by atoms with van der Waals surface area (Å²) in [7, 11) is 0.167. The average Bonchev–Trinajstić information content (AvgIpc) is 2.58. The third-order valence-corrected chi connectivity index (χ3v) is 6.56. The number of likely N-dealkylation sites (N-methyl/N-ethyl adjacent to an activating group) is 1. The van der Waals surface area contributed by atoms with Crippen LogP contribution >= 0.6 is 0 Å². The summed E-state index contributed by atoms with van der Waals surface area (Å²) < 4.78 is 33.6. The van der Waals surface area contributed by atoms with Crippen LogP contribution in [-0.2, 0) is 10.0 Å². The maximum Gasteiger partial charge on any atom is 0.240 e. The summed E-state index contributed by atoms with van der Waals surface area (Å²) in [6.45, 7) is 10.6. The fourth-order valence-corrected chi connectivity index (χ4v) is 4.72. The number of hydrogen-bond acceptors (Lipinski definition) is 5. The van der Waals surface area contributed by atoms with Crippen molar-refractivity contribution in [2.75, 3.05) is 46.9 Å². The van der Waals surface area contributed by atoms with Gasteiger partial charge in [0.1, 0.15) is 5.75 Å². The molecule has 1 fully saturated rings. The predicted molar refractivity (Wildman–Crippen MR) is 105 cm³/mol. The van der Waals surface area contributed by atoms with Gasteiger partial charge in [0, 0.05) is 38.8 Å². The summed E-state index contributed by atoms with van der Waals surface area (Å²) in [5, 5.41) is 0. The lowest BCUT2D eigenvalue weighted by Gasteiger charge is -2.38. The molecule has 26 heavy (non-hydrogen) atoms. The molecule has 1 heterocycles. The summed E-state index contributed by atoms with van der Waals surface area (Å²) in [5.41, 5.74) is 0.692. The number of piperazine rings is 1. The summed E-state index contributed by atoms with van der Waals surface area (Å²) in [5.74, 6) is 1.18. The summed E-state index contributed by atoms with van der Waals surface area (Å²) in [6.07, 6.45) is 0.980. The van der Waals surface area contributed by atoms with Gasteiger partial charge in [-0.1, -0.05) is 13.8 Å². The molecule has 0 aromatic heterocycles. The zero-order chi connectivity index (χ0) is 19.3. The van der Waals surface area contributed by atoms with Crippen molar-refractivity contribution in [3.05, 3.63) is 23.8 Å². The number of rotatable bonds is 8. The molecule has 1 aromatic carbocycles. The third-order valence-electron chi connectivity index (χ3n) is 4.98. The van der Waals surface area contributed by atoms with Gasteiger partial charge in [0.15, 0.2) is 0 Å². The molecule has 2 rings (SSSR count). The quantitative estimate of drug-likeness (QED) is 0.743. The minimum absolute atomic E-state index is 0.219. The Labute approximate surface area is 158 Å². The largest absolute Gasteiger partial charge is 0.497 e. The molecule has 6 nitrogen and oxygen atoms in total. The van der Waals surface area contributed by atoms with E-state index in [0.717, 1.165) is 32.6 Å². The Kier molecular flexibility index (Phi) is 7.46. The van der Waals surface area contributed by atoms with E-state index < -0.39 is 10.0 Å². The smallest absolute Gasteiger partial charge is 0.240 e. The number of ether oxygens (including phenoxy) is 1. The Bertz CT molecular complexity index is 683. The van der Waals surface area contributed by atoms with Crippen molar-refractivity contribution in [3.63, 3.8) is 0 Å². The van der Waals surface area contributed by atoms with Gasteiger partial charge in [-0.25, -0.2) is 13.1 Å². The van der Waals surface area contributed by atoms with E-state index in [1.54, 1.807) is 32.2 Å². The number of methoxy groups -OCH3 is 1. The van der Waals surface area contributed by atoms with Crippen LogP contribution in [0.3, 0.4) is 0 Å². The topological polar surface area (TPSA) is 61.9 Å². The van der Waals surface area contributed by atoms with Gasteiger partial charge in [0.05, 0.1) is 12.0 Å². The van der Waals surface area contributed by atoms with Gasteiger partial charge in [-0.2, -0.15) is 0 Å². The highest BCUT2D eigenvalue weighted by Gasteiger charge is 2.26. The lowest BCUT2D eigenvalue weighted by atomic mass is 10.0. The lowest BCUT2D eigenvalue weighted by Crippen LogP contribution is -2.52. The molecule has 1 atom stereocenters. The summed E-state index contributed by atoms with van der Waals surface area (Å²) in [4.78, 5) is 5.05. The number of hydrogen-bond donors (Lipinski definition) is 1. The summed E-state index contributed by atoms with van der Waals surface area (Å²) >= 11 is 0. The second-order valence-corrected chi connectivity index (χ2v) is 9.34. The maximum absolute atomic E-state index is 12.8. The minimum atomic E-state index is -3.54. The van der Waals surface area contributed by atoms with Crippen molar-refractivity contribution in [3.8, 4) is 5.75 Å². The molecular formula is C19H33N3O3S. The van der Waals surface area contributed by atoms with Crippen LogP contribution in [0.1, 0.15) is 25.8 Å². The maximum atomic E-state index is 12.8. The zero-order valence-electron chi connectivity index (χ0n) is 16.7. The first kappa shape index (κ1) is 21.2. The van der Waals surface area contributed by atoms with E-state index in [9.17, 15) is 8.42 Å². The highest BCUT2D eigenvalue weighted by molar-refractivity contribution is 7.89. The van der Waals surface area contributed by atoms with Crippen molar-refractivity contribution in [1.29, 1.82) is 0 Å². The van der Waals surface area contributed by atoms with E-state index in [2.05, 4.69) is 35.4 Å². The van der Waals surface area contributed by atoms with Crippen LogP contribution in [-0.4, -0.2) is 71.1 Å². The SMILES string of the molecule is COc1ccc(S(=O)(=O)NCC(CC(C)C)N2CCN(C)CC2)c(C)c1. The van der Waals surface area contributed by atoms with Gasteiger partial charge in [0.2, 0.25) is 10.0 Å². The summed E-state index contributed by atoms with van der Waals surface area (Å²) in [6, 6.07) is 5.27. The molecule has 0 amide bonds. The Morgan fingerprint density at radius 3 is 2.38 bits per heavy atom. The molecule has 0 aliphatic carbocycles. The second kappa shape index (κ2) is 9.17. The van der Waals surface area contributed by atoms with Crippen molar-refractivity contribution >= 4 is 10.0 Å². The predicted octanol–water partition coefficient (Wildman–Crippen LogP) is 1.94. The average molecular weight is 384 g/mol. The number of aryl methyl sites for hydroxylation is 1. The van der Waals surface area contributed by atoms with Crippen LogP contribution in [0.2, 0.25) is 0 Å². The first-order chi connectivity index (χ1) is 12.2. The number of benzene rings is 1. The molecule has 1 aliphatic heterocycles. The molecule has 1 N–H and O–H groups in total. The fraction of sp³-hybridized carbons (Fsp3) is 0.684. The molecule has 0 radical (unpaired) electrons. The number of nitrogens with one attached hydrogen (secondary N) is 1. The van der Waals surface area contributed by atoms with Gasteiger partial charge < -0.3 is 9.64 Å². The molecule has 7 heteroatoms. The molecule has 1 unspecified atom stereocenters. The standard InChI is InChI=1S/C19H33N3O3S/c1-15(2)12-17(22-10-8-21(4)9-11-22)14-20-26(23,24)19-7-6-18(25-5)13-16(19)3/h6-7,13,15,17,20H,8-12,14H2,1-5H3. The zero-order valence-corrected chi connectivity index (χ0v) is 17.5. The Morgan fingerprint density at radius 2 is 1.85 bits per heavy atom. The first-order valence-corrected chi connectivity index (χ1v) is 10.8. The fourth-order valence-electron chi connectivity index (χ4n) is 3.43. The third kappa shape index (κ3) is 5.67. The molecule has 1 aliphatic rings. The number of sulfonamides is 1. The van der Waals surface area contributed by atoms with Gasteiger partial charge in [0.25, 0.3) is 0 Å². The lowest BCUT2D eigenvalue weighted by molar-refractivity contribution is 0.102. The van der Waals surface area contributed by atoms with Crippen LogP contribution in [0.5, 0.6) is 5.75 Å². The van der Waals surface area contributed by atoms with E-state index in [0.29, 0.717) is 28.7 Å². The van der Waals surface area contributed by atoms with Gasteiger partial charge in [-0.3, -0.25) is 4.90 Å². The second-order valence-electron chi connectivity index (χ2n) is 7.61. The molecule has 1 saturated heterocycles. The monoisotopic (exact) mass is 383 g/mol. The molecular weight excluding hydrogens is 350 g/mol. The van der Waals surface area contributed by atoms with Crippen molar-refractivity contribution < 1.29 is 13.2 Å². The molecule has 148 valence electrons. The van der Waals surface area contributed by atoms with Gasteiger partial charge in [-0.05, 0) is 50.1 Å². The van der Waals surface area contributed by atoms with Crippen LogP contribution < -0.4 is 9.46 Å². The Balaban J connectivity index is 2.08. The highest BCUT2D eigenvalue weighted by atomic mass is 32.2. The Morgan fingerprint density at radius 1 is 1.19 bits per heavy atom. The van der Waals surface area contributed by atoms with Crippen LogP contribution in [0.15, 0.2) is 23.1 Å². The van der Waals surface area contributed by atoms with E-state index in [1.807, 2.05) is 0 Å². The normalized spacial score (nSPS) is 18.2. The van der Waals surface area contributed by atoms with E-state index >= 15 is 0 Å². The van der Waals surface area contributed by atoms with Crippen molar-refractivity contribution in [2.45, 2.75) is 38.1 Å². The van der Waals surface area contributed by atoms with Gasteiger partial charge >= 0.3 is 0 Å². The van der Waals surface area contributed by atoms with Crippen LogP contribution in [0, 0.1) is 12.8 Å². The van der Waals surface area contributed by atoms with Gasteiger partial charge in [-0.15, -0.1) is 0 Å². The van der Waals surface area contributed by atoms with E-state index in [4.69, 9.17) is 4.74 Å². The Hall–Kier alpha value is -1.15. The van der Waals surface area contributed by atoms with Crippen LogP contribution in [0.4, 0.5) is 0 Å². The molecule has 0 spiro atoms.